The number of esters is 1. The first-order valence-electron chi connectivity index (χ1n) is 6.53. The first kappa shape index (κ1) is 11.3. The van der Waals surface area contributed by atoms with Gasteiger partial charge in [0.05, 0.1) is 12.5 Å². The Morgan fingerprint density at radius 1 is 1.44 bits per heavy atom. The highest BCUT2D eigenvalue weighted by Crippen LogP contribution is 2.28. The minimum absolute atomic E-state index is 0.0294. The molecule has 1 aliphatic heterocycles. The molecule has 0 radical (unpaired) electrons. The molecule has 0 N–H and O–H groups in total. The van der Waals surface area contributed by atoms with Crippen molar-refractivity contribution in [3.8, 4) is 0 Å². The zero-order valence-electron chi connectivity index (χ0n) is 10.6. The Bertz CT molecular complexity index is 585. The highest BCUT2D eigenvalue weighted by Gasteiger charge is 2.26. The smallest absolute Gasteiger partial charge is 0.309 e. The van der Waals surface area contributed by atoms with Gasteiger partial charge in [0.15, 0.2) is 0 Å². The molecule has 0 aliphatic carbocycles. The lowest BCUT2D eigenvalue weighted by Crippen LogP contribution is -2.27. The average Bonchev–Trinajstić information content (AvgIpc) is 2.76. The molecule has 1 atom stereocenters. The van der Waals surface area contributed by atoms with Gasteiger partial charge in [-0.25, -0.2) is 0 Å². The number of carbonyl (C=O) groups is 1. The van der Waals surface area contributed by atoms with E-state index >= 15 is 0 Å². The van der Waals surface area contributed by atoms with Gasteiger partial charge in [-0.3, -0.25) is 4.79 Å². The monoisotopic (exact) mass is 243 g/mol. The summed E-state index contributed by atoms with van der Waals surface area (Å²) >= 11 is 0. The second kappa shape index (κ2) is 4.48. The van der Waals surface area contributed by atoms with E-state index in [0.717, 1.165) is 19.4 Å². The molecule has 0 fully saturated rings. The zero-order valence-corrected chi connectivity index (χ0v) is 10.6. The molecule has 0 amide bonds. The molecule has 1 unspecified atom stereocenters. The van der Waals surface area contributed by atoms with E-state index in [1.807, 2.05) is 6.92 Å². The highest BCUT2D eigenvalue weighted by atomic mass is 16.5. The number of para-hydroxylation sites is 1. The van der Waals surface area contributed by atoms with Gasteiger partial charge >= 0.3 is 5.97 Å². The Morgan fingerprint density at radius 3 is 3.11 bits per heavy atom. The number of aryl methyl sites for hydroxylation is 1. The van der Waals surface area contributed by atoms with E-state index in [9.17, 15) is 4.79 Å². The van der Waals surface area contributed by atoms with Crippen molar-refractivity contribution in [1.29, 1.82) is 0 Å². The Morgan fingerprint density at radius 2 is 2.28 bits per heavy atom. The van der Waals surface area contributed by atoms with Crippen LogP contribution in [0.25, 0.3) is 10.9 Å². The molecule has 3 heteroatoms. The molecule has 0 bridgehead atoms. The van der Waals surface area contributed by atoms with Gasteiger partial charge in [-0.15, -0.1) is 0 Å². The summed E-state index contributed by atoms with van der Waals surface area (Å²) in [7, 11) is 0. The molecule has 1 aromatic carbocycles. The van der Waals surface area contributed by atoms with Crippen molar-refractivity contribution >= 4 is 16.9 Å². The summed E-state index contributed by atoms with van der Waals surface area (Å²) in [5, 5.41) is 1.26. The van der Waals surface area contributed by atoms with Crippen LogP contribution in [0.4, 0.5) is 0 Å². The van der Waals surface area contributed by atoms with Crippen LogP contribution in [0.1, 0.15) is 19.0 Å². The van der Waals surface area contributed by atoms with Gasteiger partial charge in [-0.05, 0) is 30.9 Å². The van der Waals surface area contributed by atoms with Crippen LogP contribution in [-0.4, -0.2) is 17.1 Å². The summed E-state index contributed by atoms with van der Waals surface area (Å²) in [4.78, 5) is 11.8. The Labute approximate surface area is 106 Å². The van der Waals surface area contributed by atoms with Gasteiger partial charge in [0.1, 0.15) is 0 Å². The zero-order chi connectivity index (χ0) is 12.5. The van der Waals surface area contributed by atoms with Gasteiger partial charge in [-0.2, -0.15) is 0 Å². The maximum Gasteiger partial charge on any atom is 0.309 e. The summed E-state index contributed by atoms with van der Waals surface area (Å²) < 4.78 is 7.45. The number of ether oxygens (including phenoxy) is 1. The quantitative estimate of drug-likeness (QED) is 0.759. The summed E-state index contributed by atoms with van der Waals surface area (Å²) in [5.41, 5.74) is 2.52. The molecule has 0 saturated heterocycles. The van der Waals surface area contributed by atoms with Gasteiger partial charge in [-0.1, -0.05) is 18.2 Å². The molecule has 3 rings (SSSR count). The molecule has 2 aromatic rings. The molecule has 2 heterocycles. The van der Waals surface area contributed by atoms with Crippen LogP contribution in [0, 0.1) is 5.92 Å². The molecule has 0 saturated carbocycles. The van der Waals surface area contributed by atoms with Crippen LogP contribution < -0.4 is 0 Å². The molecule has 3 nitrogen and oxygen atoms in total. The third-order valence-corrected chi connectivity index (χ3v) is 3.67. The third-order valence-electron chi connectivity index (χ3n) is 3.67. The summed E-state index contributed by atoms with van der Waals surface area (Å²) in [6.07, 6.45) is 1.68. The molecule has 18 heavy (non-hydrogen) atoms. The second-order valence-corrected chi connectivity index (χ2v) is 4.79. The summed E-state index contributed by atoms with van der Waals surface area (Å²) in [6, 6.07) is 10.6. The predicted octanol–water partition coefficient (Wildman–Crippen LogP) is 2.77. The Kier molecular flexibility index (Phi) is 2.82. The largest absolute Gasteiger partial charge is 0.466 e. The van der Waals surface area contributed by atoms with Crippen molar-refractivity contribution in [3.63, 3.8) is 0 Å². The molecule has 0 spiro atoms. The van der Waals surface area contributed by atoms with Crippen molar-refractivity contribution in [3.05, 3.63) is 36.0 Å². The second-order valence-electron chi connectivity index (χ2n) is 4.79. The van der Waals surface area contributed by atoms with Crippen LogP contribution in [0.2, 0.25) is 0 Å². The van der Waals surface area contributed by atoms with Crippen molar-refractivity contribution < 1.29 is 9.53 Å². The summed E-state index contributed by atoms with van der Waals surface area (Å²) in [5.74, 6) is -0.0178. The number of hydrogen-bond acceptors (Lipinski definition) is 2. The van der Waals surface area contributed by atoms with Crippen molar-refractivity contribution in [2.24, 2.45) is 5.92 Å². The lowest BCUT2D eigenvalue weighted by molar-refractivity contribution is -0.148. The Balaban J connectivity index is 1.91. The van der Waals surface area contributed by atoms with E-state index in [-0.39, 0.29) is 11.9 Å². The maximum atomic E-state index is 11.8. The standard InChI is InChI=1S/C15H17NO2/c1-2-18-15(17)12-7-8-16-13(10-12)9-11-5-3-4-6-14(11)16/h3-6,9,12H,2,7-8,10H2,1H3. The van der Waals surface area contributed by atoms with Crippen LogP contribution in [-0.2, 0) is 22.5 Å². The topological polar surface area (TPSA) is 31.2 Å². The fourth-order valence-electron chi connectivity index (χ4n) is 2.80. The van der Waals surface area contributed by atoms with E-state index in [4.69, 9.17) is 4.74 Å². The SMILES string of the molecule is CCOC(=O)C1CCn2c(cc3ccccc32)C1. The van der Waals surface area contributed by atoms with Crippen LogP contribution in [0.3, 0.4) is 0 Å². The van der Waals surface area contributed by atoms with Crippen molar-refractivity contribution in [2.75, 3.05) is 6.61 Å². The van der Waals surface area contributed by atoms with Gasteiger partial charge < -0.3 is 9.30 Å². The minimum atomic E-state index is -0.0472. The lowest BCUT2D eigenvalue weighted by Gasteiger charge is -2.23. The van der Waals surface area contributed by atoms with E-state index in [1.54, 1.807) is 0 Å². The Hall–Kier alpha value is -1.77. The minimum Gasteiger partial charge on any atom is -0.466 e. The molecular weight excluding hydrogens is 226 g/mol. The first-order valence-corrected chi connectivity index (χ1v) is 6.53. The van der Waals surface area contributed by atoms with Crippen LogP contribution in [0.15, 0.2) is 30.3 Å². The van der Waals surface area contributed by atoms with Gasteiger partial charge in [0, 0.05) is 24.2 Å². The fraction of sp³-hybridized carbons (Fsp3) is 0.400. The number of hydrogen-bond donors (Lipinski definition) is 0. The van der Waals surface area contributed by atoms with E-state index in [0.29, 0.717) is 6.61 Å². The maximum absolute atomic E-state index is 11.8. The van der Waals surface area contributed by atoms with Crippen molar-refractivity contribution in [1.82, 2.24) is 4.57 Å². The number of benzene rings is 1. The highest BCUT2D eigenvalue weighted by molar-refractivity contribution is 5.82. The number of fused-ring (bicyclic) bond motifs is 3. The van der Waals surface area contributed by atoms with Crippen molar-refractivity contribution in [2.45, 2.75) is 26.3 Å². The number of rotatable bonds is 2. The normalized spacial score (nSPS) is 18.6. The molecule has 1 aromatic heterocycles. The van der Waals surface area contributed by atoms with Crippen LogP contribution in [0.5, 0.6) is 0 Å². The lowest BCUT2D eigenvalue weighted by atomic mass is 9.96. The van der Waals surface area contributed by atoms with E-state index in [1.165, 1.54) is 16.6 Å². The van der Waals surface area contributed by atoms with E-state index < -0.39 is 0 Å². The van der Waals surface area contributed by atoms with Gasteiger partial charge in [0.2, 0.25) is 0 Å². The summed E-state index contributed by atoms with van der Waals surface area (Å²) in [6.45, 7) is 3.24. The molecule has 1 aliphatic rings. The first-order chi connectivity index (χ1) is 8.79. The predicted molar refractivity (Wildman–Crippen MR) is 70.4 cm³/mol. The van der Waals surface area contributed by atoms with E-state index in [2.05, 4.69) is 34.9 Å². The molecular formula is C15H17NO2. The average molecular weight is 243 g/mol. The number of carbonyl (C=O) groups excluding carboxylic acids is 1. The number of nitrogens with zero attached hydrogens (tertiary/aromatic N) is 1. The molecule has 94 valence electrons. The fourth-order valence-corrected chi connectivity index (χ4v) is 2.80. The van der Waals surface area contributed by atoms with Crippen LogP contribution >= 0.6 is 0 Å². The number of aromatic nitrogens is 1. The third kappa shape index (κ3) is 1.80. The van der Waals surface area contributed by atoms with Gasteiger partial charge in [0.25, 0.3) is 0 Å².